The van der Waals surface area contributed by atoms with Gasteiger partial charge in [0, 0.05) is 11.1 Å². The normalized spacial score (nSPS) is 9.28. The fourth-order valence-corrected chi connectivity index (χ4v) is 1.65. The van der Waals surface area contributed by atoms with Crippen molar-refractivity contribution in [3.05, 3.63) is 71.3 Å². The van der Waals surface area contributed by atoms with Crippen LogP contribution in [0.25, 0.3) is 0 Å². The minimum atomic E-state index is 0.0863. The second-order valence-electron chi connectivity index (χ2n) is 3.75. The Morgan fingerprint density at radius 3 is 1.83 bits per heavy atom. The third-order valence-electron chi connectivity index (χ3n) is 2.66. The largest absolute Gasteiger partial charge is 0.289 e. The van der Waals surface area contributed by atoms with Gasteiger partial charge >= 0.3 is 0 Å². The highest BCUT2D eigenvalue weighted by Gasteiger charge is 2.07. The zero-order chi connectivity index (χ0) is 13.4. The zero-order valence-corrected chi connectivity index (χ0v) is 11.3. The average molecular weight is 240 g/mol. The smallest absolute Gasteiger partial charge is 0.193 e. The van der Waals surface area contributed by atoms with Crippen LogP contribution in [0.15, 0.2) is 54.6 Å². The maximum absolute atomic E-state index is 12.0. The van der Waals surface area contributed by atoms with Gasteiger partial charge in [0.25, 0.3) is 0 Å². The van der Waals surface area contributed by atoms with Crippen LogP contribution in [0, 0.1) is 0 Å². The third-order valence-corrected chi connectivity index (χ3v) is 2.66. The number of hydrogen-bond acceptors (Lipinski definition) is 1. The molecule has 0 heterocycles. The lowest BCUT2D eigenvalue weighted by Gasteiger charge is -2.02. The van der Waals surface area contributed by atoms with Crippen molar-refractivity contribution in [2.45, 2.75) is 27.2 Å². The fraction of sp³-hybridized carbons (Fsp3) is 0.235. The number of benzene rings is 2. The summed E-state index contributed by atoms with van der Waals surface area (Å²) in [4.78, 5) is 12.0. The molecule has 2 aromatic rings. The molecule has 0 bridgehead atoms. The van der Waals surface area contributed by atoms with Crippen LogP contribution in [0.5, 0.6) is 0 Å². The molecule has 0 spiro atoms. The average Bonchev–Trinajstić information content (AvgIpc) is 2.49. The van der Waals surface area contributed by atoms with E-state index < -0.39 is 0 Å². The molecule has 94 valence electrons. The molecule has 0 aliphatic heterocycles. The Morgan fingerprint density at radius 2 is 1.33 bits per heavy atom. The van der Waals surface area contributed by atoms with Gasteiger partial charge in [0.05, 0.1) is 0 Å². The van der Waals surface area contributed by atoms with E-state index in [-0.39, 0.29) is 5.78 Å². The van der Waals surface area contributed by atoms with E-state index in [1.807, 2.05) is 68.4 Å². The minimum Gasteiger partial charge on any atom is -0.289 e. The Morgan fingerprint density at radius 1 is 0.833 bits per heavy atom. The number of carbonyl (C=O) groups excluding carboxylic acids is 1. The molecule has 0 amide bonds. The monoisotopic (exact) mass is 240 g/mol. The Hall–Kier alpha value is -1.89. The second-order valence-corrected chi connectivity index (χ2v) is 3.75. The SMILES string of the molecule is CC.CCc1ccc(C(=O)c2ccccc2)cc1. The number of ketones is 1. The van der Waals surface area contributed by atoms with Crippen molar-refractivity contribution < 1.29 is 4.79 Å². The van der Waals surface area contributed by atoms with E-state index in [9.17, 15) is 4.79 Å². The molecule has 2 rings (SSSR count). The minimum absolute atomic E-state index is 0.0863. The molecular formula is C17H20O. The standard InChI is InChI=1S/C15H14O.C2H6/c1-2-12-8-10-14(11-9-12)15(16)13-6-4-3-5-7-13;1-2/h3-11H,2H2,1H3;1-2H3. The lowest BCUT2D eigenvalue weighted by atomic mass is 10.0. The summed E-state index contributed by atoms with van der Waals surface area (Å²) in [5.41, 5.74) is 2.75. The maximum Gasteiger partial charge on any atom is 0.193 e. The van der Waals surface area contributed by atoms with Crippen molar-refractivity contribution in [3.63, 3.8) is 0 Å². The van der Waals surface area contributed by atoms with Gasteiger partial charge in [-0.2, -0.15) is 0 Å². The quantitative estimate of drug-likeness (QED) is 0.722. The first-order valence-corrected chi connectivity index (χ1v) is 6.50. The molecule has 2 aromatic carbocycles. The van der Waals surface area contributed by atoms with E-state index in [1.54, 1.807) is 0 Å². The van der Waals surface area contributed by atoms with Gasteiger partial charge in [-0.05, 0) is 12.0 Å². The van der Waals surface area contributed by atoms with E-state index in [1.165, 1.54) is 5.56 Å². The van der Waals surface area contributed by atoms with Gasteiger partial charge in [-0.1, -0.05) is 75.4 Å². The van der Waals surface area contributed by atoms with Gasteiger partial charge in [-0.15, -0.1) is 0 Å². The van der Waals surface area contributed by atoms with Gasteiger partial charge in [-0.3, -0.25) is 4.79 Å². The van der Waals surface area contributed by atoms with Crippen molar-refractivity contribution in [2.24, 2.45) is 0 Å². The van der Waals surface area contributed by atoms with E-state index in [4.69, 9.17) is 0 Å². The summed E-state index contributed by atoms with van der Waals surface area (Å²) in [6.07, 6.45) is 1.000. The number of aryl methyl sites for hydroxylation is 1. The first-order chi connectivity index (χ1) is 8.81. The highest BCUT2D eigenvalue weighted by atomic mass is 16.1. The molecule has 0 atom stereocenters. The third kappa shape index (κ3) is 3.56. The molecule has 0 unspecified atom stereocenters. The number of carbonyl (C=O) groups is 1. The highest BCUT2D eigenvalue weighted by molar-refractivity contribution is 6.08. The molecule has 0 saturated carbocycles. The summed E-state index contributed by atoms with van der Waals surface area (Å²) in [6.45, 7) is 6.11. The number of hydrogen-bond donors (Lipinski definition) is 0. The molecule has 0 aromatic heterocycles. The van der Waals surface area contributed by atoms with E-state index >= 15 is 0 Å². The molecule has 0 aliphatic rings. The van der Waals surface area contributed by atoms with E-state index in [2.05, 4.69) is 6.92 Å². The van der Waals surface area contributed by atoms with Gasteiger partial charge < -0.3 is 0 Å². The second kappa shape index (κ2) is 7.44. The molecule has 0 N–H and O–H groups in total. The Bertz CT molecular complexity index is 469. The molecule has 0 aliphatic carbocycles. The molecule has 0 fully saturated rings. The highest BCUT2D eigenvalue weighted by Crippen LogP contribution is 2.11. The molecule has 1 heteroatoms. The topological polar surface area (TPSA) is 17.1 Å². The van der Waals surface area contributed by atoms with Crippen molar-refractivity contribution in [1.82, 2.24) is 0 Å². The van der Waals surface area contributed by atoms with Crippen LogP contribution in [0.4, 0.5) is 0 Å². The summed E-state index contributed by atoms with van der Waals surface area (Å²) in [7, 11) is 0. The van der Waals surface area contributed by atoms with E-state index in [0.717, 1.165) is 17.5 Å². The van der Waals surface area contributed by atoms with Crippen LogP contribution in [0.2, 0.25) is 0 Å². The van der Waals surface area contributed by atoms with Crippen LogP contribution in [0.3, 0.4) is 0 Å². The predicted molar refractivity (Wildman–Crippen MR) is 77.0 cm³/mol. The Labute approximate surface area is 109 Å². The van der Waals surface area contributed by atoms with Gasteiger partial charge in [0.1, 0.15) is 0 Å². The molecule has 0 saturated heterocycles. The predicted octanol–water partition coefficient (Wildman–Crippen LogP) is 4.51. The first kappa shape index (κ1) is 14.2. The first-order valence-electron chi connectivity index (χ1n) is 6.50. The van der Waals surface area contributed by atoms with E-state index in [0.29, 0.717) is 0 Å². The molecular weight excluding hydrogens is 220 g/mol. The maximum atomic E-state index is 12.0. The molecule has 0 radical (unpaired) electrons. The van der Waals surface area contributed by atoms with Gasteiger partial charge in [0.2, 0.25) is 0 Å². The van der Waals surface area contributed by atoms with Crippen LogP contribution < -0.4 is 0 Å². The fourth-order valence-electron chi connectivity index (χ4n) is 1.65. The molecule has 1 nitrogen and oxygen atoms in total. The summed E-state index contributed by atoms with van der Waals surface area (Å²) in [5, 5.41) is 0. The van der Waals surface area contributed by atoms with Gasteiger partial charge in [0.15, 0.2) is 5.78 Å². The van der Waals surface area contributed by atoms with Crippen molar-refractivity contribution in [3.8, 4) is 0 Å². The van der Waals surface area contributed by atoms with Crippen LogP contribution in [-0.4, -0.2) is 5.78 Å². The lowest BCUT2D eigenvalue weighted by Crippen LogP contribution is -2.00. The Kier molecular flexibility index (Phi) is 5.86. The van der Waals surface area contributed by atoms with Crippen molar-refractivity contribution >= 4 is 5.78 Å². The lowest BCUT2D eigenvalue weighted by molar-refractivity contribution is 0.103. The van der Waals surface area contributed by atoms with Crippen molar-refractivity contribution in [1.29, 1.82) is 0 Å². The van der Waals surface area contributed by atoms with Crippen LogP contribution in [0.1, 0.15) is 42.3 Å². The summed E-state index contributed by atoms with van der Waals surface area (Å²) < 4.78 is 0. The zero-order valence-electron chi connectivity index (χ0n) is 11.3. The van der Waals surface area contributed by atoms with Crippen molar-refractivity contribution in [2.75, 3.05) is 0 Å². The summed E-state index contributed by atoms with van der Waals surface area (Å²) in [5.74, 6) is 0.0863. The van der Waals surface area contributed by atoms with Crippen LogP contribution >= 0.6 is 0 Å². The van der Waals surface area contributed by atoms with Crippen LogP contribution in [-0.2, 0) is 6.42 Å². The Balaban J connectivity index is 0.000000771. The summed E-state index contributed by atoms with van der Waals surface area (Å²) >= 11 is 0. The summed E-state index contributed by atoms with van der Waals surface area (Å²) in [6, 6.07) is 17.2. The molecule has 18 heavy (non-hydrogen) atoms. The van der Waals surface area contributed by atoms with Gasteiger partial charge in [-0.25, -0.2) is 0 Å². The number of rotatable bonds is 3.